The summed E-state index contributed by atoms with van der Waals surface area (Å²) in [4.78, 5) is 17.0. The van der Waals surface area contributed by atoms with Gasteiger partial charge in [0.05, 0.1) is 17.0 Å². The number of ether oxygens (including phenoxy) is 1. The van der Waals surface area contributed by atoms with Crippen LogP contribution < -0.4 is 0 Å². The summed E-state index contributed by atoms with van der Waals surface area (Å²) in [5.41, 5.74) is 7.31. The molecule has 1 aliphatic rings. The van der Waals surface area contributed by atoms with Crippen LogP contribution in [-0.4, -0.2) is 17.1 Å². The van der Waals surface area contributed by atoms with Gasteiger partial charge < -0.3 is 4.74 Å². The van der Waals surface area contributed by atoms with Crippen LogP contribution in [-0.2, 0) is 24.0 Å². The van der Waals surface area contributed by atoms with Gasteiger partial charge in [0.15, 0.2) is 0 Å². The van der Waals surface area contributed by atoms with Crippen LogP contribution in [0, 0.1) is 6.92 Å². The van der Waals surface area contributed by atoms with E-state index in [9.17, 15) is 4.79 Å². The second kappa shape index (κ2) is 6.15. The highest BCUT2D eigenvalue weighted by Crippen LogP contribution is 2.31. The highest BCUT2D eigenvalue weighted by atomic mass is 16.5. The van der Waals surface area contributed by atoms with Gasteiger partial charge in [0.1, 0.15) is 6.10 Å². The molecule has 3 nitrogen and oxygen atoms in total. The van der Waals surface area contributed by atoms with Gasteiger partial charge in [-0.2, -0.15) is 0 Å². The van der Waals surface area contributed by atoms with Gasteiger partial charge in [0.25, 0.3) is 0 Å². The summed E-state index contributed by atoms with van der Waals surface area (Å²) in [6, 6.07) is 8.49. The molecule has 0 fully saturated rings. The van der Waals surface area contributed by atoms with Crippen molar-refractivity contribution in [2.75, 3.05) is 0 Å². The standard InChI is InChI=1S/C20H23NO2/c1-5-14-8-7-9-15(6-2)19(14)16-10-12(3)18-17(21-16)11-13(4)23-20(18)22/h7-10,13H,5-6,11H2,1-4H3. The molecule has 120 valence electrons. The molecule has 0 N–H and O–H groups in total. The van der Waals surface area contributed by atoms with Gasteiger partial charge in [-0.05, 0) is 49.4 Å². The molecule has 23 heavy (non-hydrogen) atoms. The maximum atomic E-state index is 12.1. The first kappa shape index (κ1) is 15.7. The minimum absolute atomic E-state index is 0.107. The van der Waals surface area contributed by atoms with Gasteiger partial charge >= 0.3 is 5.97 Å². The average molecular weight is 309 g/mol. The van der Waals surface area contributed by atoms with Crippen molar-refractivity contribution in [2.24, 2.45) is 0 Å². The summed E-state index contributed by atoms with van der Waals surface area (Å²) in [5, 5.41) is 0. The number of hydrogen-bond acceptors (Lipinski definition) is 3. The molecule has 0 saturated heterocycles. The molecule has 1 unspecified atom stereocenters. The Morgan fingerprint density at radius 2 is 1.83 bits per heavy atom. The first-order chi connectivity index (χ1) is 11.0. The number of carbonyl (C=O) groups is 1. The quantitative estimate of drug-likeness (QED) is 0.794. The number of aromatic nitrogens is 1. The fourth-order valence-corrected chi connectivity index (χ4v) is 3.42. The predicted octanol–water partition coefficient (Wildman–Crippen LogP) is 4.28. The molecule has 1 aromatic carbocycles. The van der Waals surface area contributed by atoms with Gasteiger partial charge in [-0.1, -0.05) is 32.0 Å². The first-order valence-corrected chi connectivity index (χ1v) is 8.37. The molecule has 0 amide bonds. The lowest BCUT2D eigenvalue weighted by Gasteiger charge is -2.23. The zero-order valence-corrected chi connectivity index (χ0v) is 14.3. The summed E-state index contributed by atoms with van der Waals surface area (Å²) in [6.45, 7) is 8.23. The van der Waals surface area contributed by atoms with Gasteiger partial charge in [-0.3, -0.25) is 4.98 Å². The summed E-state index contributed by atoms with van der Waals surface area (Å²) < 4.78 is 5.35. The molecule has 1 aromatic heterocycles. The third-order valence-corrected chi connectivity index (χ3v) is 4.54. The van der Waals surface area contributed by atoms with Gasteiger partial charge in [-0.15, -0.1) is 0 Å². The fourth-order valence-electron chi connectivity index (χ4n) is 3.42. The number of pyridine rings is 1. The normalized spacial score (nSPS) is 16.9. The fraction of sp³-hybridized carbons (Fsp3) is 0.400. The largest absolute Gasteiger partial charge is 0.459 e. The van der Waals surface area contributed by atoms with Crippen LogP contribution in [0.25, 0.3) is 11.3 Å². The molecule has 2 heterocycles. The van der Waals surface area contributed by atoms with Gasteiger partial charge in [-0.25, -0.2) is 4.79 Å². The maximum Gasteiger partial charge on any atom is 0.340 e. The Kier molecular flexibility index (Phi) is 4.20. The third-order valence-electron chi connectivity index (χ3n) is 4.54. The van der Waals surface area contributed by atoms with Gasteiger partial charge in [0, 0.05) is 12.0 Å². The zero-order valence-electron chi connectivity index (χ0n) is 14.3. The Labute approximate surface area is 137 Å². The van der Waals surface area contributed by atoms with E-state index < -0.39 is 0 Å². The summed E-state index contributed by atoms with van der Waals surface area (Å²) >= 11 is 0. The molecule has 3 heteroatoms. The van der Waals surface area contributed by atoms with E-state index in [1.165, 1.54) is 16.7 Å². The van der Waals surface area contributed by atoms with Crippen molar-refractivity contribution >= 4 is 5.97 Å². The van der Waals surface area contributed by atoms with Crippen LogP contribution in [0.1, 0.15) is 53.5 Å². The Balaban J connectivity index is 2.22. The Bertz CT molecular complexity index is 742. The van der Waals surface area contributed by atoms with E-state index in [4.69, 9.17) is 9.72 Å². The number of rotatable bonds is 3. The van der Waals surface area contributed by atoms with E-state index in [0.29, 0.717) is 12.0 Å². The maximum absolute atomic E-state index is 12.1. The van der Waals surface area contributed by atoms with Crippen LogP contribution in [0.5, 0.6) is 0 Å². The molecule has 0 saturated carbocycles. The molecule has 3 rings (SSSR count). The number of nitrogens with zero attached hydrogens (tertiary/aromatic N) is 1. The molecule has 1 aliphatic heterocycles. The van der Waals surface area contributed by atoms with E-state index in [2.05, 4.69) is 32.0 Å². The van der Waals surface area contributed by atoms with Crippen molar-refractivity contribution in [1.82, 2.24) is 4.98 Å². The van der Waals surface area contributed by atoms with Gasteiger partial charge in [0.2, 0.25) is 0 Å². The second-order valence-electron chi connectivity index (χ2n) is 6.22. The first-order valence-electron chi connectivity index (χ1n) is 8.37. The molecule has 0 radical (unpaired) electrons. The van der Waals surface area contributed by atoms with E-state index in [1.807, 2.05) is 19.9 Å². The average Bonchev–Trinajstić information content (AvgIpc) is 2.52. The molecule has 0 bridgehead atoms. The van der Waals surface area contributed by atoms with Crippen molar-refractivity contribution in [1.29, 1.82) is 0 Å². The topological polar surface area (TPSA) is 39.2 Å². The van der Waals surface area contributed by atoms with Crippen LogP contribution in [0.3, 0.4) is 0 Å². The lowest BCUT2D eigenvalue weighted by Crippen LogP contribution is -2.27. The monoisotopic (exact) mass is 309 g/mol. The lowest BCUT2D eigenvalue weighted by molar-refractivity contribution is 0.0296. The Morgan fingerprint density at radius 3 is 2.43 bits per heavy atom. The number of hydrogen-bond donors (Lipinski definition) is 0. The second-order valence-corrected chi connectivity index (χ2v) is 6.22. The number of benzene rings is 1. The van der Waals surface area contributed by atoms with Crippen LogP contribution in [0.4, 0.5) is 0 Å². The van der Waals surface area contributed by atoms with Crippen molar-refractivity contribution in [3.8, 4) is 11.3 Å². The summed E-state index contributed by atoms with van der Waals surface area (Å²) in [7, 11) is 0. The smallest absolute Gasteiger partial charge is 0.340 e. The number of cyclic esters (lactones) is 1. The zero-order chi connectivity index (χ0) is 16.6. The minimum atomic E-state index is -0.241. The van der Waals surface area contributed by atoms with Crippen molar-refractivity contribution < 1.29 is 9.53 Å². The van der Waals surface area contributed by atoms with Crippen molar-refractivity contribution in [3.63, 3.8) is 0 Å². The van der Waals surface area contributed by atoms with Crippen LogP contribution >= 0.6 is 0 Å². The predicted molar refractivity (Wildman–Crippen MR) is 91.7 cm³/mol. The molecule has 0 aliphatic carbocycles. The van der Waals surface area contributed by atoms with E-state index in [-0.39, 0.29) is 12.1 Å². The molecule has 0 spiro atoms. The van der Waals surface area contributed by atoms with Crippen molar-refractivity contribution in [2.45, 2.75) is 53.1 Å². The third kappa shape index (κ3) is 2.76. The minimum Gasteiger partial charge on any atom is -0.459 e. The van der Waals surface area contributed by atoms with Crippen LogP contribution in [0.2, 0.25) is 0 Å². The number of fused-ring (bicyclic) bond motifs is 1. The highest BCUT2D eigenvalue weighted by Gasteiger charge is 2.27. The number of carbonyl (C=O) groups excluding carboxylic acids is 1. The Hall–Kier alpha value is -2.16. The molecular formula is C20H23NO2. The lowest BCUT2D eigenvalue weighted by atomic mass is 9.92. The summed E-state index contributed by atoms with van der Waals surface area (Å²) in [5.74, 6) is -0.241. The van der Waals surface area contributed by atoms with Crippen molar-refractivity contribution in [3.05, 3.63) is 52.2 Å². The molecule has 1 atom stereocenters. The SMILES string of the molecule is CCc1cccc(CC)c1-c1cc(C)c2c(n1)CC(C)OC2=O. The van der Waals surface area contributed by atoms with Crippen LogP contribution in [0.15, 0.2) is 24.3 Å². The molecule has 2 aromatic rings. The van der Waals surface area contributed by atoms with E-state index >= 15 is 0 Å². The van der Waals surface area contributed by atoms with E-state index in [1.54, 1.807) is 0 Å². The number of esters is 1. The number of aryl methyl sites for hydroxylation is 3. The highest BCUT2D eigenvalue weighted by molar-refractivity contribution is 5.94. The van der Waals surface area contributed by atoms with E-state index in [0.717, 1.165) is 29.8 Å². The summed E-state index contributed by atoms with van der Waals surface area (Å²) in [6.07, 6.45) is 2.52. The molecular weight excluding hydrogens is 286 g/mol. The Morgan fingerprint density at radius 1 is 1.17 bits per heavy atom.